The van der Waals surface area contributed by atoms with Crippen molar-refractivity contribution in [1.29, 1.82) is 0 Å². The first-order valence-corrected chi connectivity index (χ1v) is 6.01. The van der Waals surface area contributed by atoms with Crippen molar-refractivity contribution < 1.29 is 9.21 Å². The molecule has 0 saturated carbocycles. The van der Waals surface area contributed by atoms with Crippen LogP contribution in [0.15, 0.2) is 44.3 Å². The lowest BCUT2D eigenvalue weighted by molar-refractivity contribution is 0.102. The van der Waals surface area contributed by atoms with E-state index in [9.17, 15) is 14.4 Å². The Labute approximate surface area is 117 Å². The summed E-state index contributed by atoms with van der Waals surface area (Å²) in [7, 11) is 1.46. The van der Waals surface area contributed by atoms with Gasteiger partial charge in [-0.3, -0.25) is 14.6 Å². The van der Waals surface area contributed by atoms with Crippen molar-refractivity contribution in [2.45, 2.75) is 0 Å². The van der Waals surface area contributed by atoms with Gasteiger partial charge in [0, 0.05) is 18.8 Å². The maximum Gasteiger partial charge on any atom is 0.417 e. The fraction of sp³-hybridized carbons (Fsp3) is 0.0769. The SMILES string of the molecule is Cn1nc(C(=O)Nc2ccc3oc(=O)[nH]c3c2)ccc1=O. The molecule has 0 radical (unpaired) electrons. The molecule has 0 aliphatic rings. The van der Waals surface area contributed by atoms with Crippen molar-refractivity contribution in [3.05, 3.63) is 56.9 Å². The second-order valence-electron chi connectivity index (χ2n) is 4.36. The van der Waals surface area contributed by atoms with E-state index in [1.165, 1.54) is 19.2 Å². The van der Waals surface area contributed by atoms with Crippen molar-refractivity contribution in [1.82, 2.24) is 14.8 Å². The first kappa shape index (κ1) is 12.9. The maximum absolute atomic E-state index is 12.0. The second-order valence-corrected chi connectivity index (χ2v) is 4.36. The minimum Gasteiger partial charge on any atom is -0.408 e. The molecule has 1 aromatic carbocycles. The van der Waals surface area contributed by atoms with Crippen molar-refractivity contribution in [3.8, 4) is 0 Å². The summed E-state index contributed by atoms with van der Waals surface area (Å²) < 4.78 is 5.94. The summed E-state index contributed by atoms with van der Waals surface area (Å²) in [5.41, 5.74) is 1.16. The Balaban J connectivity index is 1.89. The average molecular weight is 286 g/mol. The van der Waals surface area contributed by atoms with Gasteiger partial charge in [0.1, 0.15) is 5.69 Å². The molecule has 0 unspecified atom stereocenters. The number of aryl methyl sites for hydroxylation is 1. The molecular weight excluding hydrogens is 276 g/mol. The third kappa shape index (κ3) is 2.46. The Morgan fingerprint density at radius 1 is 1.29 bits per heavy atom. The van der Waals surface area contributed by atoms with Crippen molar-refractivity contribution >= 4 is 22.7 Å². The van der Waals surface area contributed by atoms with Gasteiger partial charge in [-0.15, -0.1) is 0 Å². The number of carbonyl (C=O) groups excluding carboxylic acids is 1. The molecule has 1 amide bonds. The molecule has 2 aromatic heterocycles. The van der Waals surface area contributed by atoms with Crippen molar-refractivity contribution in [3.63, 3.8) is 0 Å². The summed E-state index contributed by atoms with van der Waals surface area (Å²) in [6.07, 6.45) is 0. The molecule has 0 spiro atoms. The lowest BCUT2D eigenvalue weighted by Gasteiger charge is -2.05. The van der Waals surface area contributed by atoms with E-state index in [1.807, 2.05) is 0 Å². The number of H-pyrrole nitrogens is 1. The Hall–Kier alpha value is -3.16. The van der Waals surface area contributed by atoms with Gasteiger partial charge in [0.05, 0.1) is 5.52 Å². The summed E-state index contributed by atoms with van der Waals surface area (Å²) >= 11 is 0. The van der Waals surface area contributed by atoms with Crippen LogP contribution in [0, 0.1) is 0 Å². The molecule has 8 heteroatoms. The zero-order chi connectivity index (χ0) is 15.0. The van der Waals surface area contributed by atoms with Gasteiger partial charge in [-0.1, -0.05) is 0 Å². The van der Waals surface area contributed by atoms with Crippen LogP contribution in [-0.2, 0) is 7.05 Å². The smallest absolute Gasteiger partial charge is 0.408 e. The molecule has 0 saturated heterocycles. The molecule has 106 valence electrons. The number of aromatic amines is 1. The van der Waals surface area contributed by atoms with Crippen LogP contribution in [0.3, 0.4) is 0 Å². The monoisotopic (exact) mass is 286 g/mol. The lowest BCUT2D eigenvalue weighted by Crippen LogP contribution is -2.23. The van der Waals surface area contributed by atoms with Crippen LogP contribution in [0.5, 0.6) is 0 Å². The molecule has 8 nitrogen and oxygen atoms in total. The number of anilines is 1. The van der Waals surface area contributed by atoms with Gasteiger partial charge in [-0.05, 0) is 24.3 Å². The van der Waals surface area contributed by atoms with E-state index in [4.69, 9.17) is 4.42 Å². The summed E-state index contributed by atoms with van der Waals surface area (Å²) in [5, 5.41) is 6.48. The molecule has 3 aromatic rings. The minimum atomic E-state index is -0.562. The van der Waals surface area contributed by atoms with Gasteiger partial charge in [0.25, 0.3) is 11.5 Å². The van der Waals surface area contributed by atoms with Crippen LogP contribution in [0.4, 0.5) is 5.69 Å². The van der Waals surface area contributed by atoms with Gasteiger partial charge in [0.15, 0.2) is 5.58 Å². The number of nitrogens with one attached hydrogen (secondary N) is 2. The van der Waals surface area contributed by atoms with Crippen LogP contribution >= 0.6 is 0 Å². The molecule has 0 aliphatic heterocycles. The third-order valence-corrected chi connectivity index (χ3v) is 2.87. The lowest BCUT2D eigenvalue weighted by atomic mass is 10.2. The van der Waals surface area contributed by atoms with Crippen LogP contribution in [-0.4, -0.2) is 20.7 Å². The van der Waals surface area contributed by atoms with E-state index >= 15 is 0 Å². The molecule has 0 bridgehead atoms. The number of aromatic nitrogens is 3. The zero-order valence-electron chi connectivity index (χ0n) is 10.9. The van der Waals surface area contributed by atoms with Gasteiger partial charge in [-0.2, -0.15) is 5.10 Å². The van der Waals surface area contributed by atoms with Crippen LogP contribution in [0.25, 0.3) is 11.1 Å². The number of fused-ring (bicyclic) bond motifs is 1. The molecule has 0 atom stereocenters. The minimum absolute atomic E-state index is 0.109. The number of hydrogen-bond acceptors (Lipinski definition) is 5. The van der Waals surface area contributed by atoms with Crippen LogP contribution < -0.4 is 16.6 Å². The second kappa shape index (κ2) is 4.75. The highest BCUT2D eigenvalue weighted by Crippen LogP contribution is 2.16. The van der Waals surface area contributed by atoms with E-state index in [0.29, 0.717) is 16.8 Å². The van der Waals surface area contributed by atoms with E-state index in [1.54, 1.807) is 18.2 Å². The number of hydrogen-bond donors (Lipinski definition) is 2. The van der Waals surface area contributed by atoms with Crippen LogP contribution in [0.2, 0.25) is 0 Å². The van der Waals surface area contributed by atoms with Crippen molar-refractivity contribution in [2.24, 2.45) is 7.05 Å². The quantitative estimate of drug-likeness (QED) is 0.711. The standard InChI is InChI=1S/C13H10N4O4/c1-17-11(18)5-3-8(16-17)12(19)14-7-2-4-10-9(6-7)15-13(20)21-10/h2-6H,1H3,(H,14,19)(H,15,20). The maximum atomic E-state index is 12.0. The largest absolute Gasteiger partial charge is 0.417 e. The van der Waals surface area contributed by atoms with E-state index < -0.39 is 11.7 Å². The summed E-state index contributed by atoms with van der Waals surface area (Å²) in [5.74, 6) is -1.02. The highest BCUT2D eigenvalue weighted by Gasteiger charge is 2.10. The number of carbonyl (C=O) groups is 1. The van der Waals surface area contributed by atoms with E-state index in [-0.39, 0.29) is 11.3 Å². The summed E-state index contributed by atoms with van der Waals surface area (Å²) in [6.45, 7) is 0. The fourth-order valence-corrected chi connectivity index (χ4v) is 1.85. The van der Waals surface area contributed by atoms with Gasteiger partial charge in [0.2, 0.25) is 0 Å². The molecular formula is C13H10N4O4. The Kier molecular flexibility index (Phi) is 2.90. The number of nitrogens with zero attached hydrogens (tertiary/aromatic N) is 2. The van der Waals surface area contributed by atoms with E-state index in [0.717, 1.165) is 4.68 Å². The van der Waals surface area contributed by atoms with Gasteiger partial charge < -0.3 is 9.73 Å². The van der Waals surface area contributed by atoms with Gasteiger partial charge >= 0.3 is 5.76 Å². The first-order chi connectivity index (χ1) is 10.0. The Morgan fingerprint density at radius 2 is 2.10 bits per heavy atom. The summed E-state index contributed by atoms with van der Waals surface area (Å²) in [6, 6.07) is 7.34. The molecule has 0 aliphatic carbocycles. The first-order valence-electron chi connectivity index (χ1n) is 6.01. The van der Waals surface area contributed by atoms with E-state index in [2.05, 4.69) is 15.4 Å². The molecule has 21 heavy (non-hydrogen) atoms. The molecule has 2 N–H and O–H groups in total. The fourth-order valence-electron chi connectivity index (χ4n) is 1.85. The topological polar surface area (TPSA) is 110 Å². The molecule has 3 rings (SSSR count). The third-order valence-electron chi connectivity index (χ3n) is 2.87. The zero-order valence-corrected chi connectivity index (χ0v) is 10.9. The number of rotatable bonds is 2. The Bertz CT molecular complexity index is 950. The predicted molar refractivity (Wildman–Crippen MR) is 74.3 cm³/mol. The Morgan fingerprint density at radius 3 is 2.86 bits per heavy atom. The highest BCUT2D eigenvalue weighted by atomic mass is 16.4. The molecule has 2 heterocycles. The van der Waals surface area contributed by atoms with Crippen molar-refractivity contribution in [2.75, 3.05) is 5.32 Å². The number of amides is 1. The highest BCUT2D eigenvalue weighted by molar-refractivity contribution is 6.03. The average Bonchev–Trinajstić information content (AvgIpc) is 2.81. The normalized spacial score (nSPS) is 10.7. The van der Waals surface area contributed by atoms with Crippen LogP contribution in [0.1, 0.15) is 10.5 Å². The summed E-state index contributed by atoms with van der Waals surface area (Å²) in [4.78, 5) is 36.8. The number of benzene rings is 1. The molecule has 0 fully saturated rings. The number of oxazole rings is 1. The predicted octanol–water partition coefficient (Wildman–Crippen LogP) is 0.467. The van der Waals surface area contributed by atoms with Gasteiger partial charge in [-0.25, -0.2) is 9.48 Å².